The maximum absolute atomic E-state index is 5.21. The van der Waals surface area contributed by atoms with Crippen LogP contribution < -0.4 is 10.1 Å². The maximum Gasteiger partial charge on any atom is 0.294 e. The van der Waals surface area contributed by atoms with Gasteiger partial charge in [-0.3, -0.25) is 0 Å². The summed E-state index contributed by atoms with van der Waals surface area (Å²) in [4.78, 5) is 0. The van der Waals surface area contributed by atoms with Crippen LogP contribution in [0.25, 0.3) is 0 Å². The smallest absolute Gasteiger partial charge is 0.294 e. The van der Waals surface area contributed by atoms with Crippen LogP contribution in [0.4, 0.5) is 0 Å². The van der Waals surface area contributed by atoms with E-state index in [4.69, 9.17) is 4.74 Å². The van der Waals surface area contributed by atoms with Gasteiger partial charge < -0.3 is 10.1 Å². The van der Waals surface area contributed by atoms with Gasteiger partial charge >= 0.3 is 0 Å². The van der Waals surface area contributed by atoms with E-state index < -0.39 is 0 Å². The van der Waals surface area contributed by atoms with E-state index in [9.17, 15) is 0 Å². The van der Waals surface area contributed by atoms with Gasteiger partial charge in [0.1, 0.15) is 11.6 Å². The van der Waals surface area contributed by atoms with Crippen LogP contribution in [0.15, 0.2) is 12.7 Å². The van der Waals surface area contributed by atoms with Crippen molar-refractivity contribution in [1.82, 2.24) is 15.5 Å². The Morgan fingerprint density at radius 1 is 1.62 bits per heavy atom. The zero-order chi connectivity index (χ0) is 9.52. The molecule has 72 valence electrons. The van der Waals surface area contributed by atoms with Crippen molar-refractivity contribution in [2.24, 2.45) is 0 Å². The minimum absolute atomic E-state index is 0.482. The summed E-state index contributed by atoms with van der Waals surface area (Å²) in [7, 11) is 0. The number of ether oxygens (including phenoxy) is 1. The van der Waals surface area contributed by atoms with E-state index >= 15 is 0 Å². The molecule has 0 bridgehead atoms. The van der Waals surface area contributed by atoms with E-state index in [0.717, 1.165) is 18.1 Å². The Balaban J connectivity index is 2.38. The normalized spacial score (nSPS) is 9.92. The largest absolute Gasteiger partial charge is 0.465 e. The van der Waals surface area contributed by atoms with E-state index in [1.807, 2.05) is 0 Å². The number of rotatable bonds is 6. The highest BCUT2D eigenvalue weighted by atomic mass is 32.1. The lowest BCUT2D eigenvalue weighted by atomic mass is 10.6. The molecule has 0 saturated carbocycles. The number of aromatic nitrogens is 2. The van der Waals surface area contributed by atoms with E-state index in [0.29, 0.717) is 11.8 Å². The van der Waals surface area contributed by atoms with Crippen LogP contribution in [-0.4, -0.2) is 23.3 Å². The van der Waals surface area contributed by atoms with Crippen LogP contribution in [0.2, 0.25) is 0 Å². The topological polar surface area (TPSA) is 47.0 Å². The molecule has 1 heterocycles. The first-order valence-corrected chi connectivity index (χ1v) is 4.95. The number of hydrogen-bond donors (Lipinski definition) is 1. The number of nitrogens with zero attached hydrogens (tertiary/aromatic N) is 2. The first-order valence-electron chi connectivity index (χ1n) is 4.13. The molecule has 0 radical (unpaired) electrons. The molecule has 1 rings (SSSR count). The highest BCUT2D eigenvalue weighted by molar-refractivity contribution is 7.13. The third kappa shape index (κ3) is 3.52. The van der Waals surface area contributed by atoms with Crippen molar-refractivity contribution in [1.29, 1.82) is 0 Å². The molecule has 4 nitrogen and oxygen atoms in total. The molecule has 0 amide bonds. The third-order valence-corrected chi connectivity index (χ3v) is 2.13. The minimum Gasteiger partial charge on any atom is -0.465 e. The maximum atomic E-state index is 5.21. The van der Waals surface area contributed by atoms with Gasteiger partial charge in [-0.1, -0.05) is 36.0 Å². The van der Waals surface area contributed by atoms with Crippen LogP contribution in [-0.2, 0) is 6.54 Å². The molecular formula is C8H13N3OS. The lowest BCUT2D eigenvalue weighted by molar-refractivity contribution is 0.357. The summed E-state index contributed by atoms with van der Waals surface area (Å²) >= 11 is 1.46. The number of hydrogen-bond acceptors (Lipinski definition) is 5. The van der Waals surface area contributed by atoms with Crippen molar-refractivity contribution < 1.29 is 4.74 Å². The fourth-order valence-electron chi connectivity index (χ4n) is 0.730. The van der Waals surface area contributed by atoms with Gasteiger partial charge in [0.2, 0.25) is 0 Å². The Morgan fingerprint density at radius 3 is 3.15 bits per heavy atom. The van der Waals surface area contributed by atoms with Crippen LogP contribution in [0.1, 0.15) is 11.9 Å². The molecule has 0 aliphatic carbocycles. The predicted molar refractivity (Wildman–Crippen MR) is 53.0 cm³/mol. The fraction of sp³-hybridized carbons (Fsp3) is 0.500. The van der Waals surface area contributed by atoms with Crippen LogP contribution in [0.3, 0.4) is 0 Å². The molecule has 13 heavy (non-hydrogen) atoms. The lowest BCUT2D eigenvalue weighted by Gasteiger charge is -1.94. The molecule has 0 aliphatic heterocycles. The van der Waals surface area contributed by atoms with Gasteiger partial charge in [-0.2, -0.15) is 0 Å². The Bertz CT molecular complexity index is 262. The van der Waals surface area contributed by atoms with Gasteiger partial charge in [0, 0.05) is 6.54 Å². The summed E-state index contributed by atoms with van der Waals surface area (Å²) in [6.07, 6.45) is 1.69. The average molecular weight is 199 g/mol. The second-order valence-corrected chi connectivity index (χ2v) is 3.37. The van der Waals surface area contributed by atoms with Crippen LogP contribution in [0, 0.1) is 0 Å². The third-order valence-electron chi connectivity index (χ3n) is 1.30. The summed E-state index contributed by atoms with van der Waals surface area (Å²) in [5.41, 5.74) is 0. The molecule has 1 aromatic rings. The van der Waals surface area contributed by atoms with Crippen molar-refractivity contribution >= 4 is 11.3 Å². The van der Waals surface area contributed by atoms with E-state index in [1.54, 1.807) is 6.08 Å². The van der Waals surface area contributed by atoms with E-state index in [1.165, 1.54) is 11.3 Å². The van der Waals surface area contributed by atoms with Crippen molar-refractivity contribution in [3.63, 3.8) is 0 Å². The van der Waals surface area contributed by atoms with Gasteiger partial charge in [-0.15, -0.1) is 5.10 Å². The van der Waals surface area contributed by atoms with Crippen molar-refractivity contribution in [2.75, 3.05) is 13.2 Å². The molecule has 0 fully saturated rings. The second kappa shape index (κ2) is 5.66. The molecule has 0 aliphatic rings. The lowest BCUT2D eigenvalue weighted by Crippen LogP contribution is -2.11. The molecule has 0 spiro atoms. The fourth-order valence-corrected chi connectivity index (χ4v) is 1.40. The number of nitrogens with one attached hydrogen (secondary N) is 1. The Hall–Kier alpha value is -0.940. The van der Waals surface area contributed by atoms with Gasteiger partial charge in [0.05, 0.1) is 0 Å². The summed E-state index contributed by atoms with van der Waals surface area (Å²) < 4.78 is 5.21. The van der Waals surface area contributed by atoms with Gasteiger partial charge in [-0.25, -0.2) is 0 Å². The van der Waals surface area contributed by atoms with Crippen LogP contribution >= 0.6 is 11.3 Å². The minimum atomic E-state index is 0.482. The zero-order valence-corrected chi connectivity index (χ0v) is 8.43. The highest BCUT2D eigenvalue weighted by Gasteiger charge is 2.02. The van der Waals surface area contributed by atoms with Crippen molar-refractivity contribution in [2.45, 2.75) is 13.5 Å². The van der Waals surface area contributed by atoms with Gasteiger partial charge in [-0.05, 0) is 6.54 Å². The summed E-state index contributed by atoms with van der Waals surface area (Å²) in [5, 5.41) is 12.5. The molecule has 0 unspecified atom stereocenters. The standard InChI is InChI=1S/C8H13N3OS/c1-3-5-12-8-11-10-7(13-8)6-9-4-2/h3,9H,1,4-6H2,2H3. The molecule has 0 aromatic carbocycles. The molecule has 0 atom stereocenters. The van der Waals surface area contributed by atoms with E-state index in [-0.39, 0.29) is 0 Å². The molecule has 5 heteroatoms. The zero-order valence-electron chi connectivity index (χ0n) is 7.62. The Labute approximate surface area is 81.6 Å². The van der Waals surface area contributed by atoms with E-state index in [2.05, 4.69) is 29.0 Å². The molecule has 1 aromatic heterocycles. The highest BCUT2D eigenvalue weighted by Crippen LogP contribution is 2.17. The van der Waals surface area contributed by atoms with Crippen molar-refractivity contribution in [3.8, 4) is 5.19 Å². The van der Waals surface area contributed by atoms with Crippen molar-refractivity contribution in [3.05, 3.63) is 17.7 Å². The summed E-state index contributed by atoms with van der Waals surface area (Å²) in [6, 6.07) is 0. The molecular weight excluding hydrogens is 186 g/mol. The van der Waals surface area contributed by atoms with Gasteiger partial charge in [0.15, 0.2) is 0 Å². The molecule has 0 saturated heterocycles. The monoisotopic (exact) mass is 199 g/mol. The first kappa shape index (κ1) is 10.1. The Kier molecular flexibility index (Phi) is 4.42. The van der Waals surface area contributed by atoms with Crippen LogP contribution in [0.5, 0.6) is 5.19 Å². The Morgan fingerprint density at radius 2 is 2.46 bits per heavy atom. The SMILES string of the molecule is C=CCOc1nnc(CNCC)s1. The first-order chi connectivity index (χ1) is 6.36. The quantitative estimate of drug-likeness (QED) is 0.700. The summed E-state index contributed by atoms with van der Waals surface area (Å²) in [5.74, 6) is 0. The predicted octanol–water partition coefficient (Wildman–Crippen LogP) is 1.21. The summed E-state index contributed by atoms with van der Waals surface area (Å²) in [6.45, 7) is 7.77. The average Bonchev–Trinajstić information content (AvgIpc) is 2.59. The van der Waals surface area contributed by atoms with Gasteiger partial charge in [0.25, 0.3) is 5.19 Å². The molecule has 1 N–H and O–H groups in total. The second-order valence-electron chi connectivity index (χ2n) is 2.34.